The summed E-state index contributed by atoms with van der Waals surface area (Å²) in [7, 11) is -3.32. The number of hydrogen-bond acceptors (Lipinski definition) is 5. The van der Waals surface area contributed by atoms with Gasteiger partial charge in [-0.1, -0.05) is 207 Å². The van der Waals surface area contributed by atoms with Crippen molar-refractivity contribution in [1.29, 1.82) is 0 Å². The van der Waals surface area contributed by atoms with E-state index in [0.29, 0.717) is 18.7 Å². The first-order chi connectivity index (χ1) is 25.7. The van der Waals surface area contributed by atoms with Gasteiger partial charge in [-0.3, -0.25) is 13.7 Å². The second-order valence-corrected chi connectivity index (χ2v) is 22.7. The SMILES string of the molecule is CCCCCCCCCCCCC(C)P(=O)(O)O.CCCCCCCCCCCCP(=O)(O)N(C)C.CCCCCCCCCCCCP(=O)(OC)OC. The largest absolute Gasteiger partial charge is 0.333 e. The van der Waals surface area contributed by atoms with Gasteiger partial charge in [0.15, 0.2) is 0 Å². The van der Waals surface area contributed by atoms with E-state index in [2.05, 4.69) is 20.8 Å². The lowest BCUT2D eigenvalue weighted by molar-refractivity contribution is 0.275. The van der Waals surface area contributed by atoms with E-state index in [-0.39, 0.29) is 0 Å². The number of unbranched alkanes of at least 4 members (excludes halogenated alkanes) is 27. The topological polar surface area (TPSA) is 134 Å². The smallest absolute Gasteiger partial charge is 0.330 e. The maximum Gasteiger partial charge on any atom is 0.330 e. The zero-order valence-electron chi connectivity index (χ0n) is 37.1. The van der Waals surface area contributed by atoms with Crippen LogP contribution in [0.3, 0.4) is 0 Å². The maximum absolute atomic E-state index is 11.7. The van der Waals surface area contributed by atoms with Crippen molar-refractivity contribution >= 4 is 22.7 Å². The van der Waals surface area contributed by atoms with E-state index in [1.807, 2.05) is 0 Å². The van der Waals surface area contributed by atoms with Crippen LogP contribution in [0.25, 0.3) is 0 Å². The molecular weight excluding hydrogens is 739 g/mol. The van der Waals surface area contributed by atoms with Crippen molar-refractivity contribution in [3.05, 3.63) is 0 Å². The molecule has 0 saturated carbocycles. The third-order valence-corrected chi connectivity index (χ3v) is 15.9. The summed E-state index contributed by atoms with van der Waals surface area (Å²) in [5.41, 5.74) is -0.466. The monoisotopic (exact) mass is 834 g/mol. The van der Waals surface area contributed by atoms with Gasteiger partial charge in [-0.2, -0.15) is 0 Å². The zero-order chi connectivity index (χ0) is 41.4. The molecule has 0 spiro atoms. The van der Waals surface area contributed by atoms with Crippen LogP contribution < -0.4 is 0 Å². The maximum atomic E-state index is 11.7. The number of hydrogen-bond donors (Lipinski definition) is 3. The van der Waals surface area contributed by atoms with E-state index in [0.717, 1.165) is 38.5 Å². The van der Waals surface area contributed by atoms with Crippen LogP contribution in [-0.2, 0) is 22.7 Å². The van der Waals surface area contributed by atoms with Crippen LogP contribution in [0.5, 0.6) is 0 Å². The highest BCUT2D eigenvalue weighted by atomic mass is 31.2. The summed E-state index contributed by atoms with van der Waals surface area (Å²) in [5.74, 6) is 0. The lowest BCUT2D eigenvalue weighted by Crippen LogP contribution is -2.10. The molecule has 0 aromatic rings. The standard InChI is InChI=1S/C14H32NO2P.2C14H31O3P/c1-4-5-6-7-8-9-10-11-12-13-14-18(16,17)15(2)3;1-4-5-6-7-8-9-10-11-12-13-14-18(15,16-2)17-3;1-3-4-5-6-7-8-9-10-11-12-13-14(2)18(15,16)17/h4-14H2,1-3H3,(H,16,17);4-14H2,1-3H3;14H,3-13H2,1-2H3,(H2,15,16,17). The van der Waals surface area contributed by atoms with Crippen molar-refractivity contribution in [3.63, 3.8) is 0 Å². The Morgan fingerprint density at radius 3 is 0.963 bits per heavy atom. The fraction of sp³-hybridized carbons (Fsp3) is 1.00. The molecule has 9 nitrogen and oxygen atoms in total. The van der Waals surface area contributed by atoms with Gasteiger partial charge in [0, 0.05) is 20.4 Å². The highest BCUT2D eigenvalue weighted by Crippen LogP contribution is 2.47. The van der Waals surface area contributed by atoms with Crippen LogP contribution in [0.4, 0.5) is 0 Å². The van der Waals surface area contributed by atoms with E-state index >= 15 is 0 Å². The zero-order valence-corrected chi connectivity index (χ0v) is 39.8. The van der Waals surface area contributed by atoms with E-state index in [1.54, 1.807) is 21.0 Å². The Labute approximate surface area is 336 Å². The summed E-state index contributed by atoms with van der Waals surface area (Å²) in [4.78, 5) is 27.5. The second kappa shape index (κ2) is 41.6. The molecule has 3 N–H and O–H groups in total. The molecule has 0 aliphatic rings. The summed E-state index contributed by atoms with van der Waals surface area (Å²) in [6.07, 6.45) is 39.6. The molecule has 0 bridgehead atoms. The van der Waals surface area contributed by atoms with E-state index in [4.69, 9.17) is 18.8 Å². The first kappa shape index (κ1) is 58.8. The van der Waals surface area contributed by atoms with Crippen molar-refractivity contribution in [2.45, 2.75) is 232 Å². The molecule has 0 fully saturated rings. The van der Waals surface area contributed by atoms with Crippen LogP contribution in [0.15, 0.2) is 0 Å². The Balaban J connectivity index is -0.000000722. The van der Waals surface area contributed by atoms with Gasteiger partial charge in [0.2, 0.25) is 0 Å². The molecule has 0 aromatic heterocycles. The molecule has 0 radical (unpaired) electrons. The van der Waals surface area contributed by atoms with Gasteiger partial charge in [-0.15, -0.1) is 0 Å². The Bertz CT molecular complexity index is 867. The van der Waals surface area contributed by atoms with Crippen LogP contribution in [-0.4, -0.2) is 65.6 Å². The first-order valence-electron chi connectivity index (χ1n) is 22.4. The lowest BCUT2D eigenvalue weighted by atomic mass is 10.1. The molecule has 0 saturated heterocycles. The van der Waals surface area contributed by atoms with Crippen LogP contribution in [0.1, 0.15) is 227 Å². The third-order valence-electron chi connectivity index (χ3n) is 10.3. The predicted molar refractivity (Wildman–Crippen MR) is 237 cm³/mol. The first-order valence-corrected chi connectivity index (χ1v) is 27.6. The van der Waals surface area contributed by atoms with Gasteiger partial charge >= 0.3 is 15.2 Å². The van der Waals surface area contributed by atoms with Crippen molar-refractivity contribution < 1.29 is 37.4 Å². The Morgan fingerprint density at radius 1 is 0.444 bits per heavy atom. The normalized spacial score (nSPS) is 13.6. The van der Waals surface area contributed by atoms with E-state index in [1.165, 1.54) is 173 Å². The molecule has 12 heteroatoms. The molecule has 0 rings (SSSR count). The average Bonchev–Trinajstić information content (AvgIpc) is 3.13. The minimum absolute atomic E-state index is 0.441. The van der Waals surface area contributed by atoms with E-state index < -0.39 is 28.4 Å². The summed E-state index contributed by atoms with van der Waals surface area (Å²) in [5, 5.41) is 0. The third kappa shape index (κ3) is 43.6. The minimum Gasteiger partial charge on any atom is -0.333 e. The second-order valence-electron chi connectivity index (χ2n) is 15.7. The fourth-order valence-electron chi connectivity index (χ4n) is 6.15. The fourth-order valence-corrected chi connectivity index (χ4v) is 8.83. The Hall–Kier alpha value is 0.450. The summed E-state index contributed by atoms with van der Waals surface area (Å²) < 4.78 is 45.6. The quantitative estimate of drug-likeness (QED) is 0.0413. The van der Waals surface area contributed by atoms with Crippen LogP contribution in [0, 0.1) is 0 Å². The van der Waals surface area contributed by atoms with Crippen molar-refractivity contribution in [2.24, 2.45) is 0 Å². The lowest BCUT2D eigenvalue weighted by Gasteiger charge is -2.18. The molecule has 2 unspecified atom stereocenters. The van der Waals surface area contributed by atoms with Gasteiger partial charge in [-0.05, 0) is 33.4 Å². The number of rotatable bonds is 37. The Morgan fingerprint density at radius 2 is 0.704 bits per heavy atom. The van der Waals surface area contributed by atoms with Crippen LogP contribution in [0.2, 0.25) is 0 Å². The van der Waals surface area contributed by atoms with Gasteiger partial charge in [0.25, 0.3) is 7.52 Å². The van der Waals surface area contributed by atoms with Crippen molar-refractivity contribution in [2.75, 3.05) is 40.6 Å². The van der Waals surface area contributed by atoms with Gasteiger partial charge in [0.05, 0.1) is 11.8 Å². The Kier molecular flexibility index (Phi) is 45.3. The molecule has 330 valence electrons. The molecule has 0 aromatic carbocycles. The highest BCUT2D eigenvalue weighted by molar-refractivity contribution is 7.55. The highest BCUT2D eigenvalue weighted by Gasteiger charge is 2.23. The molecule has 0 heterocycles. The van der Waals surface area contributed by atoms with Crippen LogP contribution >= 0.6 is 22.7 Å². The average molecular weight is 834 g/mol. The molecule has 0 aliphatic heterocycles. The molecule has 54 heavy (non-hydrogen) atoms. The summed E-state index contributed by atoms with van der Waals surface area (Å²) in [6.45, 7) is 8.37. The molecule has 0 amide bonds. The van der Waals surface area contributed by atoms with Crippen molar-refractivity contribution in [1.82, 2.24) is 4.67 Å². The van der Waals surface area contributed by atoms with Gasteiger partial charge < -0.3 is 23.7 Å². The van der Waals surface area contributed by atoms with Gasteiger partial charge in [0.1, 0.15) is 0 Å². The minimum atomic E-state index is -3.83. The molecule has 2 atom stereocenters. The molecular formula is C42H94NO8P3. The molecule has 0 aliphatic carbocycles. The predicted octanol–water partition coefficient (Wildman–Crippen LogP) is 14.9. The van der Waals surface area contributed by atoms with E-state index in [9.17, 15) is 18.6 Å². The summed E-state index contributed by atoms with van der Waals surface area (Å²) >= 11 is 0. The summed E-state index contributed by atoms with van der Waals surface area (Å²) in [6, 6.07) is 0. The number of nitrogens with zero attached hydrogens (tertiary/aromatic N) is 1. The van der Waals surface area contributed by atoms with Gasteiger partial charge in [-0.25, -0.2) is 4.67 Å². The van der Waals surface area contributed by atoms with Crippen molar-refractivity contribution in [3.8, 4) is 0 Å².